The number of fused-ring (bicyclic) bond motifs is 1. The maximum Gasteiger partial charge on any atom is 0.278 e. The zero-order valence-electron chi connectivity index (χ0n) is 17.1. The van der Waals surface area contributed by atoms with Gasteiger partial charge in [0, 0.05) is 43.0 Å². The van der Waals surface area contributed by atoms with E-state index in [4.69, 9.17) is 0 Å². The smallest absolute Gasteiger partial charge is 0.278 e. The second-order valence-corrected chi connectivity index (χ2v) is 11.5. The minimum atomic E-state index is -3.27. The van der Waals surface area contributed by atoms with E-state index in [0.717, 1.165) is 68.9 Å². The van der Waals surface area contributed by atoms with E-state index in [2.05, 4.69) is 20.7 Å². The van der Waals surface area contributed by atoms with E-state index < -0.39 is 9.84 Å². The van der Waals surface area contributed by atoms with Crippen LogP contribution in [-0.4, -0.2) is 54.9 Å². The number of carbonyl (C=O) groups excluding carboxylic acids is 1. The number of sulfone groups is 1. The van der Waals surface area contributed by atoms with Gasteiger partial charge in [0.2, 0.25) is 0 Å². The van der Waals surface area contributed by atoms with Gasteiger partial charge in [-0.25, -0.2) is 13.4 Å². The molecular formula is C21H25N5O3S2. The normalized spacial score (nSPS) is 19.4. The summed E-state index contributed by atoms with van der Waals surface area (Å²) in [5.74, 6) is -0.330. The van der Waals surface area contributed by atoms with Crippen molar-refractivity contribution >= 4 is 37.9 Å². The molecule has 2 fully saturated rings. The third kappa shape index (κ3) is 4.37. The van der Waals surface area contributed by atoms with Crippen LogP contribution >= 0.6 is 11.3 Å². The second-order valence-electron chi connectivity index (χ2n) is 8.15. The van der Waals surface area contributed by atoms with Gasteiger partial charge in [-0.2, -0.15) is 5.10 Å². The molecule has 5 rings (SSSR count). The molecule has 31 heavy (non-hydrogen) atoms. The molecule has 1 saturated carbocycles. The molecule has 0 bridgehead atoms. The third-order valence-electron chi connectivity index (χ3n) is 5.78. The van der Waals surface area contributed by atoms with Gasteiger partial charge < -0.3 is 5.32 Å². The molecule has 3 heterocycles. The summed E-state index contributed by atoms with van der Waals surface area (Å²) in [6, 6.07) is 6.54. The molecule has 2 aliphatic heterocycles. The third-order valence-corrected chi connectivity index (χ3v) is 9.07. The molecule has 0 spiro atoms. The van der Waals surface area contributed by atoms with Crippen LogP contribution in [0.3, 0.4) is 0 Å². The van der Waals surface area contributed by atoms with Crippen molar-refractivity contribution in [3.05, 3.63) is 40.4 Å². The van der Waals surface area contributed by atoms with Gasteiger partial charge in [-0.15, -0.1) is 11.3 Å². The Morgan fingerprint density at radius 3 is 2.61 bits per heavy atom. The van der Waals surface area contributed by atoms with Gasteiger partial charge in [0.05, 0.1) is 15.8 Å². The molecule has 1 aliphatic carbocycles. The van der Waals surface area contributed by atoms with Gasteiger partial charge in [-0.3, -0.25) is 15.1 Å². The van der Waals surface area contributed by atoms with Crippen molar-refractivity contribution in [2.24, 2.45) is 5.10 Å². The van der Waals surface area contributed by atoms with E-state index >= 15 is 0 Å². The molecule has 2 N–H and O–H groups in total. The molecule has 1 amide bonds. The first kappa shape index (κ1) is 20.6. The SMILES string of the molecule is O=C(Nc1nc2c(s1)CNCC2)C(=NN1CCCC1)c1ccc(S(=O)(=O)C2CC2)cc1. The van der Waals surface area contributed by atoms with Crippen LogP contribution in [0.1, 0.15) is 41.8 Å². The molecule has 10 heteroatoms. The molecule has 164 valence electrons. The number of nitrogens with zero attached hydrogens (tertiary/aromatic N) is 3. The van der Waals surface area contributed by atoms with E-state index in [0.29, 0.717) is 15.6 Å². The van der Waals surface area contributed by atoms with Crippen LogP contribution in [0.5, 0.6) is 0 Å². The first-order valence-corrected chi connectivity index (χ1v) is 13.1. The minimum absolute atomic E-state index is 0.259. The predicted molar refractivity (Wildman–Crippen MR) is 120 cm³/mol. The minimum Gasteiger partial charge on any atom is -0.311 e. The van der Waals surface area contributed by atoms with Crippen molar-refractivity contribution in [1.82, 2.24) is 15.3 Å². The van der Waals surface area contributed by atoms with Gasteiger partial charge in [0.1, 0.15) is 0 Å². The second kappa shape index (κ2) is 8.33. The van der Waals surface area contributed by atoms with Crippen LogP contribution in [-0.2, 0) is 27.6 Å². The Hall–Kier alpha value is -2.30. The Balaban J connectivity index is 1.41. The number of hydrogen-bond acceptors (Lipinski definition) is 8. The van der Waals surface area contributed by atoms with E-state index in [1.165, 1.54) is 11.3 Å². The van der Waals surface area contributed by atoms with Gasteiger partial charge in [-0.05, 0) is 37.8 Å². The number of rotatable bonds is 6. The number of hydrazone groups is 1. The Kier molecular flexibility index (Phi) is 5.53. The number of carbonyl (C=O) groups is 1. The highest BCUT2D eigenvalue weighted by molar-refractivity contribution is 7.92. The molecule has 0 atom stereocenters. The van der Waals surface area contributed by atoms with Crippen LogP contribution in [0, 0.1) is 0 Å². The average Bonchev–Trinajstić information content (AvgIpc) is 3.37. The van der Waals surface area contributed by atoms with E-state index in [1.54, 1.807) is 24.3 Å². The van der Waals surface area contributed by atoms with Gasteiger partial charge in [0.15, 0.2) is 20.7 Å². The summed E-state index contributed by atoms with van der Waals surface area (Å²) in [6.45, 7) is 3.28. The van der Waals surface area contributed by atoms with Crippen molar-refractivity contribution in [1.29, 1.82) is 0 Å². The van der Waals surface area contributed by atoms with Crippen molar-refractivity contribution < 1.29 is 13.2 Å². The Morgan fingerprint density at radius 2 is 1.94 bits per heavy atom. The molecule has 0 unspecified atom stereocenters. The highest BCUT2D eigenvalue weighted by Crippen LogP contribution is 2.33. The summed E-state index contributed by atoms with van der Waals surface area (Å²) in [5.41, 5.74) is 1.91. The van der Waals surface area contributed by atoms with Crippen molar-refractivity contribution in [3.63, 3.8) is 0 Å². The summed E-state index contributed by atoms with van der Waals surface area (Å²) in [7, 11) is -3.27. The van der Waals surface area contributed by atoms with Gasteiger partial charge in [0.25, 0.3) is 5.91 Å². The lowest BCUT2D eigenvalue weighted by Crippen LogP contribution is -2.27. The summed E-state index contributed by atoms with van der Waals surface area (Å²) in [6.07, 6.45) is 4.39. The quantitative estimate of drug-likeness (QED) is 0.642. The van der Waals surface area contributed by atoms with Crippen LogP contribution in [0.4, 0.5) is 5.13 Å². The lowest BCUT2D eigenvalue weighted by Gasteiger charge is -2.14. The number of thiazole rings is 1. The van der Waals surface area contributed by atoms with Crippen molar-refractivity contribution in [3.8, 4) is 0 Å². The largest absolute Gasteiger partial charge is 0.311 e. The van der Waals surface area contributed by atoms with Crippen LogP contribution in [0.25, 0.3) is 0 Å². The number of aromatic nitrogens is 1. The molecule has 2 aromatic rings. The highest BCUT2D eigenvalue weighted by atomic mass is 32.2. The van der Waals surface area contributed by atoms with Gasteiger partial charge >= 0.3 is 0 Å². The lowest BCUT2D eigenvalue weighted by molar-refractivity contribution is -0.110. The fourth-order valence-corrected chi connectivity index (χ4v) is 6.51. The molecule has 1 aromatic carbocycles. The molecule has 8 nitrogen and oxygen atoms in total. The molecule has 1 aromatic heterocycles. The van der Waals surface area contributed by atoms with E-state index in [1.807, 2.05) is 5.01 Å². The summed E-state index contributed by atoms with van der Waals surface area (Å²) >= 11 is 1.48. The molecule has 3 aliphatic rings. The first-order chi connectivity index (χ1) is 15.0. The number of amides is 1. The monoisotopic (exact) mass is 459 g/mol. The van der Waals surface area contributed by atoms with E-state index in [-0.39, 0.29) is 16.9 Å². The Morgan fingerprint density at radius 1 is 1.19 bits per heavy atom. The van der Waals surface area contributed by atoms with Crippen molar-refractivity contribution in [2.75, 3.05) is 25.0 Å². The maximum atomic E-state index is 13.2. The number of benzene rings is 1. The number of nitrogens with one attached hydrogen (secondary N) is 2. The highest BCUT2D eigenvalue weighted by Gasteiger charge is 2.36. The van der Waals surface area contributed by atoms with Gasteiger partial charge in [-0.1, -0.05) is 12.1 Å². The summed E-state index contributed by atoms with van der Waals surface area (Å²) in [5, 5.41) is 13.1. The zero-order valence-corrected chi connectivity index (χ0v) is 18.8. The van der Waals surface area contributed by atoms with Crippen LogP contribution < -0.4 is 10.6 Å². The topological polar surface area (TPSA) is 104 Å². The summed E-state index contributed by atoms with van der Waals surface area (Å²) in [4.78, 5) is 19.2. The molecule has 1 saturated heterocycles. The molecule has 0 radical (unpaired) electrons. The number of anilines is 1. The first-order valence-electron chi connectivity index (χ1n) is 10.7. The Labute approximate surface area is 185 Å². The lowest BCUT2D eigenvalue weighted by atomic mass is 10.1. The van der Waals surface area contributed by atoms with Crippen molar-refractivity contribution in [2.45, 2.75) is 48.8 Å². The van der Waals surface area contributed by atoms with E-state index in [9.17, 15) is 13.2 Å². The Bertz CT molecular complexity index is 1090. The zero-order chi connectivity index (χ0) is 21.4. The fourth-order valence-electron chi connectivity index (χ4n) is 3.88. The van der Waals surface area contributed by atoms with Crippen LogP contribution in [0.2, 0.25) is 0 Å². The standard InChI is InChI=1S/C21H25N5O3S2/c27-20(24-21-23-17-9-10-22-13-18(17)30-21)19(25-26-11-1-2-12-26)14-3-5-15(6-4-14)31(28,29)16-7-8-16/h3-6,16,22H,1-2,7-13H2,(H,23,24,27). The number of hydrogen-bond donors (Lipinski definition) is 2. The van der Waals surface area contributed by atoms with Crippen LogP contribution in [0.15, 0.2) is 34.3 Å². The molecular weight excluding hydrogens is 434 g/mol. The fraction of sp³-hybridized carbons (Fsp3) is 0.476. The summed E-state index contributed by atoms with van der Waals surface area (Å²) < 4.78 is 25.0. The predicted octanol–water partition coefficient (Wildman–Crippen LogP) is 2.16. The maximum absolute atomic E-state index is 13.2. The average molecular weight is 460 g/mol.